The summed E-state index contributed by atoms with van der Waals surface area (Å²) in [6.45, 7) is 2.43. The molecule has 1 fully saturated rings. The zero-order valence-corrected chi connectivity index (χ0v) is 18.0. The predicted octanol–water partition coefficient (Wildman–Crippen LogP) is 4.15. The molecule has 9 heteroatoms. The molecular weight excluding hydrogens is 430 g/mol. The fourth-order valence-electron chi connectivity index (χ4n) is 3.10. The first-order chi connectivity index (χ1) is 14.5. The van der Waals surface area contributed by atoms with Gasteiger partial charge in [0, 0.05) is 18.8 Å². The number of nitrogens with one attached hydrogen (secondary N) is 1. The van der Waals surface area contributed by atoms with Crippen molar-refractivity contribution < 1.29 is 28.6 Å². The molecule has 0 atom stereocenters. The lowest BCUT2D eigenvalue weighted by Crippen LogP contribution is -2.28. The first-order valence-electron chi connectivity index (χ1n) is 9.60. The average molecular weight is 452 g/mol. The van der Waals surface area contributed by atoms with Crippen molar-refractivity contribution in [2.45, 2.75) is 19.8 Å². The Morgan fingerprint density at radius 1 is 1.17 bits per heavy atom. The van der Waals surface area contributed by atoms with Gasteiger partial charge in [0.15, 0.2) is 6.61 Å². The molecule has 1 aliphatic rings. The highest BCUT2D eigenvalue weighted by atomic mass is 35.5. The standard InChI is InChI=1S/C21H22ClNO6S/c1-2-28-21(26)17-16(13-6-4-3-5-7-13)18(22)30-19(17)23-15(24)12-29-20(25)14-8-10-27-11-9-14/h3-7,14H,2,8-12H2,1H3,(H,23,24). The third-order valence-electron chi connectivity index (χ3n) is 4.56. The summed E-state index contributed by atoms with van der Waals surface area (Å²) < 4.78 is 15.9. The van der Waals surface area contributed by atoms with E-state index in [1.165, 1.54) is 0 Å². The summed E-state index contributed by atoms with van der Waals surface area (Å²) in [5, 5.41) is 2.89. The molecule has 0 radical (unpaired) electrons. The fourth-order valence-corrected chi connectivity index (χ4v) is 4.49. The molecule has 1 saturated heterocycles. The molecule has 2 heterocycles. The van der Waals surface area contributed by atoms with Gasteiger partial charge in [0.05, 0.1) is 12.5 Å². The minimum Gasteiger partial charge on any atom is -0.462 e. The normalized spacial score (nSPS) is 14.2. The lowest BCUT2D eigenvalue weighted by Gasteiger charge is -2.20. The quantitative estimate of drug-likeness (QED) is 0.636. The Labute approximate surface area is 183 Å². The van der Waals surface area contributed by atoms with Crippen LogP contribution in [0.25, 0.3) is 11.1 Å². The Balaban J connectivity index is 1.75. The maximum Gasteiger partial charge on any atom is 0.341 e. The lowest BCUT2D eigenvalue weighted by molar-refractivity contribution is -0.154. The number of ether oxygens (including phenoxy) is 3. The number of carbonyl (C=O) groups is 3. The van der Waals surface area contributed by atoms with Crippen molar-refractivity contribution in [1.29, 1.82) is 0 Å². The number of thiophene rings is 1. The maximum absolute atomic E-state index is 12.6. The van der Waals surface area contributed by atoms with Crippen LogP contribution in [0.4, 0.5) is 5.00 Å². The number of anilines is 1. The summed E-state index contributed by atoms with van der Waals surface area (Å²) in [6.07, 6.45) is 1.16. The van der Waals surface area contributed by atoms with E-state index in [1.54, 1.807) is 6.92 Å². The zero-order chi connectivity index (χ0) is 21.5. The van der Waals surface area contributed by atoms with Gasteiger partial charge < -0.3 is 19.5 Å². The van der Waals surface area contributed by atoms with Gasteiger partial charge in [-0.3, -0.25) is 9.59 Å². The third-order valence-corrected chi connectivity index (χ3v) is 5.87. The second kappa shape index (κ2) is 10.6. The van der Waals surface area contributed by atoms with Crippen LogP contribution in [-0.4, -0.2) is 44.3 Å². The minimum absolute atomic E-state index is 0.177. The number of amides is 1. The van der Waals surface area contributed by atoms with Crippen molar-refractivity contribution >= 4 is 45.8 Å². The fraction of sp³-hybridized carbons (Fsp3) is 0.381. The minimum atomic E-state index is -0.589. The van der Waals surface area contributed by atoms with E-state index in [1.807, 2.05) is 30.3 Å². The van der Waals surface area contributed by atoms with Crippen LogP contribution in [-0.2, 0) is 23.8 Å². The monoisotopic (exact) mass is 451 g/mol. The number of carbonyl (C=O) groups excluding carboxylic acids is 3. The summed E-state index contributed by atoms with van der Waals surface area (Å²) in [6, 6.07) is 9.14. The predicted molar refractivity (Wildman–Crippen MR) is 114 cm³/mol. The number of rotatable bonds is 7. The highest BCUT2D eigenvalue weighted by Crippen LogP contribution is 2.43. The molecule has 3 rings (SSSR count). The van der Waals surface area contributed by atoms with Crippen LogP contribution in [0.5, 0.6) is 0 Å². The van der Waals surface area contributed by atoms with Gasteiger partial charge in [0.25, 0.3) is 5.91 Å². The Morgan fingerprint density at radius 2 is 1.87 bits per heavy atom. The van der Waals surface area contributed by atoms with E-state index in [9.17, 15) is 14.4 Å². The number of hydrogen-bond acceptors (Lipinski definition) is 7. The van der Waals surface area contributed by atoms with Crippen LogP contribution in [0.2, 0.25) is 4.34 Å². The molecule has 0 spiro atoms. The molecule has 7 nitrogen and oxygen atoms in total. The number of benzene rings is 1. The van der Waals surface area contributed by atoms with Crippen molar-refractivity contribution in [3.8, 4) is 11.1 Å². The van der Waals surface area contributed by atoms with Gasteiger partial charge in [-0.05, 0) is 25.3 Å². The van der Waals surface area contributed by atoms with E-state index in [4.69, 9.17) is 25.8 Å². The van der Waals surface area contributed by atoms with Crippen LogP contribution in [0.1, 0.15) is 30.1 Å². The van der Waals surface area contributed by atoms with Gasteiger partial charge in [-0.2, -0.15) is 0 Å². The van der Waals surface area contributed by atoms with Crippen molar-refractivity contribution in [3.63, 3.8) is 0 Å². The Morgan fingerprint density at radius 3 is 2.53 bits per heavy atom. The van der Waals surface area contributed by atoms with E-state index < -0.39 is 24.5 Å². The van der Waals surface area contributed by atoms with Crippen LogP contribution in [0.3, 0.4) is 0 Å². The van der Waals surface area contributed by atoms with Crippen LogP contribution in [0.15, 0.2) is 30.3 Å². The van der Waals surface area contributed by atoms with Crippen LogP contribution < -0.4 is 5.32 Å². The van der Waals surface area contributed by atoms with Crippen molar-refractivity contribution in [3.05, 3.63) is 40.2 Å². The number of halogens is 1. The smallest absolute Gasteiger partial charge is 0.341 e. The third kappa shape index (κ3) is 5.38. The summed E-state index contributed by atoms with van der Waals surface area (Å²) in [7, 11) is 0. The highest BCUT2D eigenvalue weighted by Gasteiger charge is 2.27. The molecule has 1 aromatic heterocycles. The van der Waals surface area contributed by atoms with Gasteiger partial charge in [-0.25, -0.2) is 4.79 Å². The van der Waals surface area contributed by atoms with Crippen LogP contribution >= 0.6 is 22.9 Å². The molecule has 0 bridgehead atoms. The molecular formula is C21H22ClNO6S. The summed E-state index contributed by atoms with van der Waals surface area (Å²) in [5.41, 5.74) is 1.41. The first-order valence-corrected chi connectivity index (χ1v) is 10.8. The largest absolute Gasteiger partial charge is 0.462 e. The Hall–Kier alpha value is -2.42. The van der Waals surface area contributed by atoms with E-state index in [-0.39, 0.29) is 23.1 Å². The first kappa shape index (κ1) is 22.3. The molecule has 2 aromatic rings. The molecule has 1 amide bonds. The van der Waals surface area contributed by atoms with Crippen LogP contribution in [0, 0.1) is 5.92 Å². The summed E-state index contributed by atoms with van der Waals surface area (Å²) in [5.74, 6) is -1.83. The van der Waals surface area contributed by atoms with E-state index in [0.29, 0.717) is 36.0 Å². The molecule has 0 aliphatic carbocycles. The van der Waals surface area contributed by atoms with E-state index in [2.05, 4.69) is 5.32 Å². The molecule has 1 N–H and O–H groups in total. The van der Waals surface area contributed by atoms with Gasteiger partial charge >= 0.3 is 11.9 Å². The van der Waals surface area contributed by atoms with Gasteiger partial charge in [0.1, 0.15) is 14.9 Å². The lowest BCUT2D eigenvalue weighted by atomic mass is 10.0. The van der Waals surface area contributed by atoms with Crippen molar-refractivity contribution in [2.24, 2.45) is 5.92 Å². The number of hydrogen-bond donors (Lipinski definition) is 1. The molecule has 160 valence electrons. The second-order valence-corrected chi connectivity index (χ2v) is 8.21. The summed E-state index contributed by atoms with van der Waals surface area (Å²) >= 11 is 7.46. The average Bonchev–Trinajstić information content (AvgIpc) is 3.09. The topological polar surface area (TPSA) is 90.9 Å². The Bertz CT molecular complexity index is 908. The number of esters is 2. The van der Waals surface area contributed by atoms with E-state index in [0.717, 1.165) is 16.9 Å². The molecule has 1 aliphatic heterocycles. The summed E-state index contributed by atoms with van der Waals surface area (Å²) in [4.78, 5) is 37.1. The molecule has 0 unspecified atom stereocenters. The zero-order valence-electron chi connectivity index (χ0n) is 16.4. The molecule has 0 saturated carbocycles. The van der Waals surface area contributed by atoms with Gasteiger partial charge in [-0.1, -0.05) is 41.9 Å². The second-order valence-electron chi connectivity index (χ2n) is 6.58. The van der Waals surface area contributed by atoms with Crippen molar-refractivity contribution in [1.82, 2.24) is 0 Å². The SMILES string of the molecule is CCOC(=O)c1c(NC(=O)COC(=O)C2CCOCC2)sc(Cl)c1-c1ccccc1. The highest BCUT2D eigenvalue weighted by molar-refractivity contribution is 7.21. The Kier molecular flexibility index (Phi) is 7.84. The maximum atomic E-state index is 12.6. The molecule has 1 aromatic carbocycles. The van der Waals surface area contributed by atoms with Gasteiger partial charge in [0.2, 0.25) is 0 Å². The van der Waals surface area contributed by atoms with Gasteiger partial charge in [-0.15, -0.1) is 11.3 Å². The molecule has 30 heavy (non-hydrogen) atoms. The van der Waals surface area contributed by atoms with E-state index >= 15 is 0 Å². The van der Waals surface area contributed by atoms with Crippen molar-refractivity contribution in [2.75, 3.05) is 31.7 Å².